The summed E-state index contributed by atoms with van der Waals surface area (Å²) in [6, 6.07) is 5.75. The Kier molecular flexibility index (Phi) is 2.58. The molecule has 2 heterocycles. The number of ketones is 1. The van der Waals surface area contributed by atoms with Gasteiger partial charge in [0.15, 0.2) is 5.78 Å². The largest absolute Gasteiger partial charge is 0.297 e. The van der Waals surface area contributed by atoms with Crippen molar-refractivity contribution in [2.75, 3.05) is 0 Å². The fourth-order valence-corrected chi connectivity index (χ4v) is 1.79. The molecule has 0 spiro atoms. The number of fused-ring (bicyclic) bond motifs is 1. The number of nitrogens with zero attached hydrogens (tertiary/aromatic N) is 2. The van der Waals surface area contributed by atoms with Crippen molar-refractivity contribution in [1.82, 2.24) is 9.38 Å². The van der Waals surface area contributed by atoms with Crippen LogP contribution in [0.25, 0.3) is 5.65 Å². The van der Waals surface area contributed by atoms with E-state index in [0.29, 0.717) is 6.32 Å². The quantitative estimate of drug-likeness (QED) is 0.558. The summed E-state index contributed by atoms with van der Waals surface area (Å²) < 4.78 is 1.87. The molecule has 2 aromatic heterocycles. The van der Waals surface area contributed by atoms with Gasteiger partial charge in [-0.15, -0.1) is 0 Å². The molecule has 0 amide bonds. The average Bonchev–Trinajstić information content (AvgIpc) is 2.54. The lowest BCUT2D eigenvalue weighted by Gasteiger charge is -1.99. The molecule has 0 unspecified atom stereocenters. The first-order chi connectivity index (χ1) is 7.24. The van der Waals surface area contributed by atoms with Crippen LogP contribution < -0.4 is 0 Å². The third-order valence-corrected chi connectivity index (χ3v) is 2.45. The van der Waals surface area contributed by atoms with Gasteiger partial charge in [0.25, 0.3) is 0 Å². The Labute approximate surface area is 89.4 Å². The molecule has 15 heavy (non-hydrogen) atoms. The molecule has 0 aliphatic heterocycles. The number of hydrogen-bond acceptors (Lipinski definition) is 2. The second kappa shape index (κ2) is 3.89. The van der Waals surface area contributed by atoms with Crippen LogP contribution in [0.3, 0.4) is 0 Å². The highest BCUT2D eigenvalue weighted by Gasteiger charge is 2.14. The number of Topliss-reactive ketones (excluding diaryl/α,β-unsaturated/α-hetero) is 1. The number of hydrogen-bond donors (Lipinski definition) is 0. The van der Waals surface area contributed by atoms with Gasteiger partial charge in [0, 0.05) is 6.20 Å². The van der Waals surface area contributed by atoms with Gasteiger partial charge >= 0.3 is 0 Å². The summed E-state index contributed by atoms with van der Waals surface area (Å²) in [6.07, 6.45) is 2.47. The predicted molar refractivity (Wildman–Crippen MR) is 62.1 cm³/mol. The summed E-state index contributed by atoms with van der Waals surface area (Å²) >= 11 is 0. The molecule has 0 saturated carbocycles. The number of aryl methyl sites for hydroxylation is 1. The lowest BCUT2D eigenvalue weighted by molar-refractivity contribution is 0.101. The van der Waals surface area contributed by atoms with Crippen LogP contribution in [-0.2, 0) is 0 Å². The van der Waals surface area contributed by atoms with E-state index < -0.39 is 0 Å². The summed E-state index contributed by atoms with van der Waals surface area (Å²) in [7, 11) is 0.873. The van der Waals surface area contributed by atoms with Crippen LogP contribution in [-0.4, -0.2) is 22.4 Å². The van der Waals surface area contributed by atoms with Gasteiger partial charge in [0.2, 0.25) is 0 Å². The van der Waals surface area contributed by atoms with Gasteiger partial charge in [-0.05, 0) is 25.4 Å². The molecule has 0 aliphatic carbocycles. The van der Waals surface area contributed by atoms with E-state index in [1.165, 1.54) is 0 Å². The van der Waals surface area contributed by atoms with Crippen LogP contribution in [0.15, 0.2) is 24.4 Å². The summed E-state index contributed by atoms with van der Waals surface area (Å²) in [4.78, 5) is 16.2. The minimum absolute atomic E-state index is 0.175. The van der Waals surface area contributed by atoms with Crippen molar-refractivity contribution in [3.63, 3.8) is 0 Å². The molecule has 2 aromatic rings. The first-order valence-electron chi connectivity index (χ1n) is 5.21. The highest BCUT2D eigenvalue weighted by atomic mass is 16.1. The molecule has 3 nitrogen and oxygen atoms in total. The number of aromatic nitrogens is 2. The maximum absolute atomic E-state index is 11.9. The summed E-state index contributed by atoms with van der Waals surface area (Å²) in [5, 5.41) is 0. The van der Waals surface area contributed by atoms with E-state index in [1.54, 1.807) is 0 Å². The second-order valence-corrected chi connectivity index (χ2v) is 3.65. The van der Waals surface area contributed by atoms with Crippen LogP contribution in [0.2, 0.25) is 13.1 Å². The first-order valence-corrected chi connectivity index (χ1v) is 5.21. The van der Waals surface area contributed by atoms with Crippen molar-refractivity contribution >= 4 is 18.7 Å². The third kappa shape index (κ3) is 1.67. The van der Waals surface area contributed by atoms with Gasteiger partial charge in [-0.2, -0.15) is 0 Å². The molecule has 0 bridgehead atoms. The van der Waals surface area contributed by atoms with Crippen LogP contribution in [0.1, 0.15) is 16.2 Å². The normalized spacial score (nSPS) is 10.5. The molecule has 0 radical (unpaired) electrons. The molecule has 0 N–H and O–H groups in total. The van der Waals surface area contributed by atoms with E-state index in [9.17, 15) is 4.79 Å². The van der Waals surface area contributed by atoms with Crippen LogP contribution in [0, 0.1) is 6.92 Å². The van der Waals surface area contributed by atoms with Crippen LogP contribution in [0.4, 0.5) is 0 Å². The van der Waals surface area contributed by atoms with E-state index >= 15 is 0 Å². The Balaban J connectivity index is 2.58. The monoisotopic (exact) mass is 200 g/mol. The summed E-state index contributed by atoms with van der Waals surface area (Å²) in [5.74, 6) is 0.175. The molecule has 4 heteroatoms. The summed E-state index contributed by atoms with van der Waals surface area (Å²) in [5.41, 5.74) is 2.39. The van der Waals surface area contributed by atoms with Crippen molar-refractivity contribution in [2.45, 2.75) is 20.1 Å². The van der Waals surface area contributed by atoms with Crippen LogP contribution in [0.5, 0.6) is 0 Å². The maximum Gasteiger partial charge on any atom is 0.174 e. The molecule has 76 valence electrons. The molecule has 0 fully saturated rings. The van der Waals surface area contributed by atoms with E-state index in [-0.39, 0.29) is 5.78 Å². The predicted octanol–water partition coefficient (Wildman–Crippen LogP) is 1.73. The van der Waals surface area contributed by atoms with Crippen molar-refractivity contribution in [3.05, 3.63) is 35.8 Å². The highest BCUT2D eigenvalue weighted by molar-refractivity contribution is 6.41. The van der Waals surface area contributed by atoms with Gasteiger partial charge in [0.1, 0.15) is 18.6 Å². The molecule has 0 saturated heterocycles. The van der Waals surface area contributed by atoms with Gasteiger partial charge in [-0.3, -0.25) is 9.20 Å². The Hall–Kier alpha value is -1.58. The number of imidazole rings is 1. The Bertz CT molecular complexity index is 504. The van der Waals surface area contributed by atoms with Crippen LogP contribution >= 0.6 is 0 Å². The van der Waals surface area contributed by atoms with Gasteiger partial charge in [-0.25, -0.2) is 4.98 Å². The van der Waals surface area contributed by atoms with E-state index in [0.717, 1.165) is 24.3 Å². The van der Waals surface area contributed by atoms with Gasteiger partial charge < -0.3 is 0 Å². The Morgan fingerprint density at radius 2 is 2.33 bits per heavy atom. The second-order valence-electron chi connectivity index (χ2n) is 3.65. The van der Waals surface area contributed by atoms with E-state index in [1.807, 2.05) is 42.5 Å². The zero-order valence-electron chi connectivity index (χ0n) is 9.03. The molecule has 0 aromatic carbocycles. The minimum Gasteiger partial charge on any atom is -0.297 e. The zero-order chi connectivity index (χ0) is 10.8. The molecular formula is C11H13BN2O. The Morgan fingerprint density at radius 1 is 1.53 bits per heavy atom. The smallest absolute Gasteiger partial charge is 0.174 e. The first kappa shape index (κ1) is 9.96. The van der Waals surface area contributed by atoms with Crippen molar-refractivity contribution < 1.29 is 4.79 Å². The highest BCUT2D eigenvalue weighted by Crippen LogP contribution is 2.13. The Morgan fingerprint density at radius 3 is 3.07 bits per heavy atom. The maximum atomic E-state index is 11.9. The SMILES string of the molecule is CBCC(=O)c1c(C)nc2ccccn12. The third-order valence-electron chi connectivity index (χ3n) is 2.45. The summed E-state index contributed by atoms with van der Waals surface area (Å²) in [6.45, 7) is 3.90. The van der Waals surface area contributed by atoms with Crippen molar-refractivity contribution in [1.29, 1.82) is 0 Å². The fourth-order valence-electron chi connectivity index (χ4n) is 1.79. The number of carbonyl (C=O) groups is 1. The molecule has 0 atom stereocenters. The van der Waals surface area contributed by atoms with E-state index in [4.69, 9.17) is 0 Å². The fraction of sp³-hybridized carbons (Fsp3) is 0.273. The standard InChI is InChI=1S/C11H13BN2O/c1-8-11(9(15)7-12-2)14-6-4-3-5-10(14)13-8/h3-6,12H,7H2,1-2H3. The van der Waals surface area contributed by atoms with Gasteiger partial charge in [-0.1, -0.05) is 12.9 Å². The van der Waals surface area contributed by atoms with Crippen molar-refractivity contribution in [3.8, 4) is 0 Å². The van der Waals surface area contributed by atoms with Crippen molar-refractivity contribution in [2.24, 2.45) is 0 Å². The van der Waals surface area contributed by atoms with Gasteiger partial charge in [0.05, 0.1) is 5.69 Å². The minimum atomic E-state index is 0.175. The topological polar surface area (TPSA) is 34.4 Å². The lowest BCUT2D eigenvalue weighted by Crippen LogP contribution is -2.06. The van der Waals surface area contributed by atoms with E-state index in [2.05, 4.69) is 4.98 Å². The lowest BCUT2D eigenvalue weighted by atomic mass is 9.75. The molecule has 2 rings (SSSR count). The number of rotatable bonds is 3. The number of pyridine rings is 1. The number of carbonyl (C=O) groups excluding carboxylic acids is 1. The average molecular weight is 200 g/mol. The molecular weight excluding hydrogens is 187 g/mol. The molecule has 0 aliphatic rings. The zero-order valence-corrected chi connectivity index (χ0v) is 9.03.